The molecule has 22 heavy (non-hydrogen) atoms. The van der Waals surface area contributed by atoms with E-state index in [1.54, 1.807) is 6.07 Å². The summed E-state index contributed by atoms with van der Waals surface area (Å²) >= 11 is 1.51. The van der Waals surface area contributed by atoms with Gasteiger partial charge in [0.05, 0.1) is 12.6 Å². The summed E-state index contributed by atoms with van der Waals surface area (Å²) in [7, 11) is 1.39. The average molecular weight is 322 g/mol. The van der Waals surface area contributed by atoms with Crippen LogP contribution in [0.4, 0.5) is 4.39 Å². The van der Waals surface area contributed by atoms with Crippen molar-refractivity contribution in [2.45, 2.75) is 32.7 Å². The first-order valence-corrected chi connectivity index (χ1v) is 7.86. The topological polar surface area (TPSA) is 51.2 Å². The van der Waals surface area contributed by atoms with Crippen LogP contribution in [0.5, 0.6) is 5.75 Å². The normalized spacial score (nSPS) is 13.5. The fourth-order valence-corrected chi connectivity index (χ4v) is 3.02. The first-order chi connectivity index (χ1) is 10.4. The van der Waals surface area contributed by atoms with Gasteiger partial charge in [-0.25, -0.2) is 9.37 Å². The van der Waals surface area contributed by atoms with Crippen molar-refractivity contribution >= 4 is 17.2 Å². The second kappa shape index (κ2) is 6.44. The van der Waals surface area contributed by atoms with Crippen molar-refractivity contribution in [2.75, 3.05) is 7.11 Å². The number of thiazole rings is 1. The highest BCUT2D eigenvalue weighted by Gasteiger charge is 2.30. The number of benzene rings is 1. The van der Waals surface area contributed by atoms with E-state index in [-0.39, 0.29) is 17.2 Å². The second-order valence-corrected chi connectivity index (χ2v) is 6.14. The van der Waals surface area contributed by atoms with Crippen LogP contribution < -0.4 is 10.1 Å². The Morgan fingerprint density at radius 3 is 2.73 bits per heavy atom. The number of nitrogens with one attached hydrogen (secondary N) is 1. The first kappa shape index (κ1) is 16.4. The van der Waals surface area contributed by atoms with E-state index in [1.165, 1.54) is 30.6 Å². The minimum Gasteiger partial charge on any atom is -0.494 e. The summed E-state index contributed by atoms with van der Waals surface area (Å²) < 4.78 is 18.6. The highest BCUT2D eigenvalue weighted by atomic mass is 32.1. The van der Waals surface area contributed by atoms with Crippen LogP contribution in [0.1, 0.15) is 41.3 Å². The molecule has 1 heterocycles. The Hall–Kier alpha value is -1.95. The number of halogens is 1. The Kier molecular flexibility index (Phi) is 4.81. The molecule has 1 aromatic carbocycles. The van der Waals surface area contributed by atoms with E-state index in [4.69, 9.17) is 4.74 Å². The molecule has 118 valence electrons. The third kappa shape index (κ3) is 3.27. The molecule has 0 radical (unpaired) electrons. The van der Waals surface area contributed by atoms with Gasteiger partial charge in [0.25, 0.3) is 5.91 Å². The van der Waals surface area contributed by atoms with E-state index in [2.05, 4.69) is 10.3 Å². The molecule has 2 rings (SSSR count). The Morgan fingerprint density at radius 1 is 1.50 bits per heavy atom. The van der Waals surface area contributed by atoms with Crippen LogP contribution in [0.2, 0.25) is 0 Å². The van der Waals surface area contributed by atoms with Crippen molar-refractivity contribution < 1.29 is 13.9 Å². The van der Waals surface area contributed by atoms with Gasteiger partial charge < -0.3 is 10.1 Å². The number of ether oxygens (including phenoxy) is 1. The fourth-order valence-electron chi connectivity index (χ4n) is 2.03. The summed E-state index contributed by atoms with van der Waals surface area (Å²) in [6.45, 7) is 5.81. The van der Waals surface area contributed by atoms with Crippen molar-refractivity contribution in [2.24, 2.45) is 0 Å². The Morgan fingerprint density at radius 2 is 2.23 bits per heavy atom. The second-order valence-electron chi connectivity index (χ2n) is 5.28. The molecule has 0 aliphatic carbocycles. The van der Waals surface area contributed by atoms with E-state index >= 15 is 0 Å². The largest absolute Gasteiger partial charge is 0.494 e. The van der Waals surface area contributed by atoms with Gasteiger partial charge in [-0.2, -0.15) is 0 Å². The summed E-state index contributed by atoms with van der Waals surface area (Å²) in [5, 5.41) is 5.74. The van der Waals surface area contributed by atoms with E-state index in [1.807, 2.05) is 26.2 Å². The number of hydrogen-bond donors (Lipinski definition) is 1. The zero-order valence-electron chi connectivity index (χ0n) is 13.1. The number of nitrogens with zero attached hydrogens (tertiary/aromatic N) is 1. The van der Waals surface area contributed by atoms with Gasteiger partial charge in [-0.3, -0.25) is 4.79 Å². The molecule has 2 aromatic rings. The van der Waals surface area contributed by atoms with Crippen LogP contribution in [0.25, 0.3) is 0 Å². The van der Waals surface area contributed by atoms with Crippen LogP contribution in [-0.4, -0.2) is 18.0 Å². The van der Waals surface area contributed by atoms with Gasteiger partial charge in [0.1, 0.15) is 5.01 Å². The third-order valence-corrected chi connectivity index (χ3v) is 4.83. The number of rotatable bonds is 5. The molecule has 6 heteroatoms. The van der Waals surface area contributed by atoms with Crippen molar-refractivity contribution in [1.29, 1.82) is 0 Å². The number of amides is 1. The van der Waals surface area contributed by atoms with E-state index in [0.717, 1.165) is 10.7 Å². The molecule has 1 unspecified atom stereocenters. The molecule has 0 aliphatic rings. The van der Waals surface area contributed by atoms with Crippen LogP contribution >= 0.6 is 11.3 Å². The number of methoxy groups -OCH3 is 1. The molecular formula is C16H19FN2O2S. The van der Waals surface area contributed by atoms with Gasteiger partial charge in [0.15, 0.2) is 11.6 Å². The van der Waals surface area contributed by atoms with Crippen LogP contribution in [-0.2, 0) is 5.54 Å². The van der Waals surface area contributed by atoms with E-state index in [0.29, 0.717) is 6.42 Å². The minimum atomic E-state index is -0.577. The SMILES string of the molecule is CCC(C)(NC(=O)c1ccc(OC)c(F)c1)c1nc(C)cs1. The fraction of sp³-hybridized carbons (Fsp3) is 0.375. The van der Waals surface area contributed by atoms with Crippen LogP contribution in [0.15, 0.2) is 23.6 Å². The third-order valence-electron chi connectivity index (χ3n) is 3.60. The predicted molar refractivity (Wildman–Crippen MR) is 84.9 cm³/mol. The molecule has 1 amide bonds. The highest BCUT2D eigenvalue weighted by Crippen LogP contribution is 2.28. The van der Waals surface area contributed by atoms with Crippen LogP contribution in [0, 0.1) is 12.7 Å². The van der Waals surface area contributed by atoms with Gasteiger partial charge in [0.2, 0.25) is 0 Å². The monoisotopic (exact) mass is 322 g/mol. The molecule has 0 spiro atoms. The number of carbonyl (C=O) groups excluding carboxylic acids is 1. The Balaban J connectivity index is 2.24. The summed E-state index contributed by atoms with van der Waals surface area (Å²) in [5.41, 5.74) is 0.600. The molecule has 0 bridgehead atoms. The zero-order valence-corrected chi connectivity index (χ0v) is 13.9. The molecule has 1 aromatic heterocycles. The van der Waals surface area contributed by atoms with E-state index in [9.17, 15) is 9.18 Å². The number of aryl methyl sites for hydroxylation is 1. The number of aromatic nitrogens is 1. The van der Waals surface area contributed by atoms with Gasteiger partial charge in [-0.15, -0.1) is 11.3 Å². The molecule has 4 nitrogen and oxygen atoms in total. The van der Waals surface area contributed by atoms with Gasteiger partial charge in [-0.05, 0) is 38.5 Å². The lowest BCUT2D eigenvalue weighted by molar-refractivity contribution is 0.0901. The van der Waals surface area contributed by atoms with Gasteiger partial charge in [0, 0.05) is 16.6 Å². The van der Waals surface area contributed by atoms with Crippen molar-refractivity contribution in [3.05, 3.63) is 45.7 Å². The lowest BCUT2D eigenvalue weighted by atomic mass is 9.99. The highest BCUT2D eigenvalue weighted by molar-refractivity contribution is 7.09. The maximum atomic E-state index is 13.7. The molecule has 0 saturated carbocycles. The predicted octanol–water partition coefficient (Wildman–Crippen LogP) is 3.65. The number of hydrogen-bond acceptors (Lipinski definition) is 4. The lowest BCUT2D eigenvalue weighted by Gasteiger charge is -2.27. The van der Waals surface area contributed by atoms with Crippen molar-refractivity contribution in [3.63, 3.8) is 0 Å². The average Bonchev–Trinajstić information content (AvgIpc) is 2.94. The number of carbonyl (C=O) groups is 1. The van der Waals surface area contributed by atoms with E-state index < -0.39 is 11.4 Å². The quantitative estimate of drug-likeness (QED) is 0.914. The Labute approximate surface area is 133 Å². The molecule has 1 N–H and O–H groups in total. The summed E-state index contributed by atoms with van der Waals surface area (Å²) in [5.74, 6) is -0.775. The smallest absolute Gasteiger partial charge is 0.252 e. The maximum absolute atomic E-state index is 13.7. The van der Waals surface area contributed by atoms with Gasteiger partial charge >= 0.3 is 0 Å². The molecule has 0 fully saturated rings. The Bertz CT molecular complexity index is 687. The minimum absolute atomic E-state index is 0.116. The molecule has 1 atom stereocenters. The lowest BCUT2D eigenvalue weighted by Crippen LogP contribution is -2.43. The molecular weight excluding hydrogens is 303 g/mol. The zero-order chi connectivity index (χ0) is 16.3. The first-order valence-electron chi connectivity index (χ1n) is 6.98. The molecule has 0 aliphatic heterocycles. The van der Waals surface area contributed by atoms with Crippen LogP contribution in [0.3, 0.4) is 0 Å². The summed E-state index contributed by atoms with van der Waals surface area (Å²) in [6.07, 6.45) is 0.685. The van der Waals surface area contributed by atoms with Gasteiger partial charge in [-0.1, -0.05) is 6.92 Å². The standard InChI is InChI=1S/C16H19FN2O2S/c1-5-16(3,15-18-10(2)9-22-15)19-14(20)11-6-7-13(21-4)12(17)8-11/h6-9H,5H2,1-4H3,(H,19,20). The summed E-state index contributed by atoms with van der Waals surface area (Å²) in [4.78, 5) is 16.9. The maximum Gasteiger partial charge on any atom is 0.252 e. The summed E-state index contributed by atoms with van der Waals surface area (Å²) in [6, 6.07) is 4.17. The van der Waals surface area contributed by atoms with Crippen molar-refractivity contribution in [3.8, 4) is 5.75 Å². The molecule has 0 saturated heterocycles. The van der Waals surface area contributed by atoms with Crippen molar-refractivity contribution in [1.82, 2.24) is 10.3 Å².